The highest BCUT2D eigenvalue weighted by atomic mass is 32.1. The van der Waals surface area contributed by atoms with Crippen molar-refractivity contribution in [3.8, 4) is 0 Å². The molecule has 3 heterocycles. The van der Waals surface area contributed by atoms with Gasteiger partial charge in [0.2, 0.25) is 5.91 Å². The molecule has 4 rings (SSSR count). The zero-order valence-electron chi connectivity index (χ0n) is 16.5. The van der Waals surface area contributed by atoms with E-state index in [2.05, 4.69) is 4.90 Å². The third kappa shape index (κ3) is 4.61. The summed E-state index contributed by atoms with van der Waals surface area (Å²) >= 11 is 1.39. The number of carbonyl (C=O) groups excluding carboxylic acids is 2. The summed E-state index contributed by atoms with van der Waals surface area (Å²) in [6, 6.07) is 7.85. The molecule has 8 heteroatoms. The minimum Gasteiger partial charge on any atom is -0.379 e. The topological polar surface area (TPSA) is 85.1 Å². The first kappa shape index (κ1) is 20.3. The zero-order valence-corrected chi connectivity index (χ0v) is 17.3. The monoisotopic (exact) mass is 417 g/mol. The molecule has 2 aliphatic heterocycles. The van der Waals surface area contributed by atoms with Gasteiger partial charge in [-0.2, -0.15) is 0 Å². The van der Waals surface area contributed by atoms with Crippen LogP contribution in [0.5, 0.6) is 0 Å². The summed E-state index contributed by atoms with van der Waals surface area (Å²) in [6.07, 6.45) is 1.04. The van der Waals surface area contributed by atoms with E-state index in [-0.39, 0.29) is 12.0 Å². The first-order chi connectivity index (χ1) is 14.1. The Labute approximate surface area is 174 Å². The van der Waals surface area contributed by atoms with E-state index in [1.165, 1.54) is 11.3 Å². The Morgan fingerprint density at radius 1 is 1.14 bits per heavy atom. The average molecular weight is 418 g/mol. The standard InChI is InChI=1S/C21H27N3O4S/c22-21(26)20-19(15-4-1-2-5-17(15)29-20)16-14-24(10-13-28-16)18(25)6-3-7-23-8-11-27-12-9-23/h1-2,4-5,16H,3,6-14H2,(H2,22,26). The molecule has 2 fully saturated rings. The molecule has 0 radical (unpaired) electrons. The van der Waals surface area contributed by atoms with Crippen LogP contribution in [0.25, 0.3) is 10.1 Å². The summed E-state index contributed by atoms with van der Waals surface area (Å²) in [5, 5.41) is 0.984. The molecular formula is C21H27N3O4S. The van der Waals surface area contributed by atoms with Crippen molar-refractivity contribution in [3.05, 3.63) is 34.7 Å². The van der Waals surface area contributed by atoms with E-state index in [0.29, 0.717) is 31.0 Å². The van der Waals surface area contributed by atoms with Crippen LogP contribution in [0.3, 0.4) is 0 Å². The fraction of sp³-hybridized carbons (Fsp3) is 0.524. The van der Waals surface area contributed by atoms with E-state index >= 15 is 0 Å². The predicted octanol–water partition coefficient (Wildman–Crippen LogP) is 2.01. The highest BCUT2D eigenvalue weighted by Crippen LogP contribution is 2.38. The van der Waals surface area contributed by atoms with Gasteiger partial charge in [-0.3, -0.25) is 14.5 Å². The molecule has 7 nitrogen and oxygen atoms in total. The number of fused-ring (bicyclic) bond motifs is 1. The van der Waals surface area contributed by atoms with Gasteiger partial charge in [0.15, 0.2) is 0 Å². The minimum absolute atomic E-state index is 0.145. The molecule has 1 aromatic carbocycles. The van der Waals surface area contributed by atoms with E-state index in [0.717, 1.165) is 54.9 Å². The Kier molecular flexibility index (Phi) is 6.44. The van der Waals surface area contributed by atoms with Gasteiger partial charge in [-0.15, -0.1) is 11.3 Å². The van der Waals surface area contributed by atoms with Crippen LogP contribution in [-0.4, -0.2) is 74.2 Å². The third-order valence-electron chi connectivity index (χ3n) is 5.57. The number of nitrogens with zero attached hydrogens (tertiary/aromatic N) is 2. The Bertz CT molecular complexity index is 878. The maximum atomic E-state index is 12.8. The van der Waals surface area contributed by atoms with Gasteiger partial charge < -0.3 is 20.1 Å². The molecule has 2 aliphatic rings. The molecule has 2 aromatic rings. The van der Waals surface area contributed by atoms with Crippen LogP contribution in [0, 0.1) is 0 Å². The molecule has 0 aliphatic carbocycles. The van der Waals surface area contributed by atoms with E-state index < -0.39 is 5.91 Å². The van der Waals surface area contributed by atoms with Crippen LogP contribution in [0.1, 0.15) is 34.2 Å². The lowest BCUT2D eigenvalue weighted by Crippen LogP contribution is -2.43. The van der Waals surface area contributed by atoms with Crippen molar-refractivity contribution in [2.24, 2.45) is 5.73 Å². The lowest BCUT2D eigenvalue weighted by Gasteiger charge is -2.34. The number of hydrogen-bond acceptors (Lipinski definition) is 6. The largest absolute Gasteiger partial charge is 0.379 e. The Balaban J connectivity index is 1.42. The average Bonchev–Trinajstić information content (AvgIpc) is 3.14. The SMILES string of the molecule is NC(=O)c1sc2ccccc2c1C1CN(C(=O)CCCN2CCOCC2)CCO1. The van der Waals surface area contributed by atoms with Gasteiger partial charge in [-0.1, -0.05) is 18.2 Å². The molecule has 156 valence electrons. The Hall–Kier alpha value is -2.00. The molecule has 2 N–H and O–H groups in total. The molecule has 0 bridgehead atoms. The smallest absolute Gasteiger partial charge is 0.259 e. The number of rotatable bonds is 6. The van der Waals surface area contributed by atoms with Crippen LogP contribution in [-0.2, 0) is 14.3 Å². The van der Waals surface area contributed by atoms with Crippen LogP contribution >= 0.6 is 11.3 Å². The summed E-state index contributed by atoms with van der Waals surface area (Å²) in [5.41, 5.74) is 6.46. The second-order valence-electron chi connectivity index (χ2n) is 7.46. The highest BCUT2D eigenvalue weighted by Gasteiger charge is 2.30. The number of nitrogens with two attached hydrogens (primary N) is 1. The fourth-order valence-electron chi connectivity index (χ4n) is 4.06. The van der Waals surface area contributed by atoms with E-state index in [1.54, 1.807) is 0 Å². The second kappa shape index (κ2) is 9.21. The van der Waals surface area contributed by atoms with Crippen molar-refractivity contribution in [2.45, 2.75) is 18.9 Å². The van der Waals surface area contributed by atoms with Crippen LogP contribution in [0.15, 0.2) is 24.3 Å². The van der Waals surface area contributed by atoms with Gasteiger partial charge in [0.05, 0.1) is 31.2 Å². The van der Waals surface area contributed by atoms with Gasteiger partial charge >= 0.3 is 0 Å². The van der Waals surface area contributed by atoms with Crippen molar-refractivity contribution in [3.63, 3.8) is 0 Å². The zero-order chi connectivity index (χ0) is 20.2. The number of hydrogen-bond donors (Lipinski definition) is 1. The lowest BCUT2D eigenvalue weighted by molar-refractivity contribution is -0.139. The molecule has 1 unspecified atom stereocenters. The van der Waals surface area contributed by atoms with E-state index in [4.69, 9.17) is 15.2 Å². The van der Waals surface area contributed by atoms with Crippen molar-refractivity contribution in [2.75, 3.05) is 52.5 Å². The van der Waals surface area contributed by atoms with Gasteiger partial charge in [0.1, 0.15) is 6.10 Å². The summed E-state index contributed by atoms with van der Waals surface area (Å²) in [7, 11) is 0. The molecule has 0 saturated carbocycles. The normalized spacial score (nSPS) is 20.8. The molecule has 2 saturated heterocycles. The van der Waals surface area contributed by atoms with Crippen molar-refractivity contribution < 1.29 is 19.1 Å². The first-order valence-corrected chi connectivity index (χ1v) is 11.0. The van der Waals surface area contributed by atoms with E-state index in [9.17, 15) is 9.59 Å². The van der Waals surface area contributed by atoms with Crippen molar-refractivity contribution in [1.82, 2.24) is 9.80 Å². The Morgan fingerprint density at radius 3 is 2.72 bits per heavy atom. The third-order valence-corrected chi connectivity index (χ3v) is 6.77. The number of carbonyl (C=O) groups is 2. The van der Waals surface area contributed by atoms with Crippen molar-refractivity contribution in [1.29, 1.82) is 0 Å². The highest BCUT2D eigenvalue weighted by molar-refractivity contribution is 7.21. The van der Waals surface area contributed by atoms with Gasteiger partial charge in [0, 0.05) is 36.3 Å². The fourth-order valence-corrected chi connectivity index (χ4v) is 5.16. The van der Waals surface area contributed by atoms with Gasteiger partial charge in [0.25, 0.3) is 5.91 Å². The van der Waals surface area contributed by atoms with E-state index in [1.807, 2.05) is 29.2 Å². The second-order valence-corrected chi connectivity index (χ2v) is 8.51. The minimum atomic E-state index is -0.446. The van der Waals surface area contributed by atoms with Crippen molar-refractivity contribution >= 4 is 33.2 Å². The number of amides is 2. The Morgan fingerprint density at radius 2 is 1.93 bits per heavy atom. The number of benzene rings is 1. The summed E-state index contributed by atoms with van der Waals surface area (Å²) < 4.78 is 12.4. The maximum Gasteiger partial charge on any atom is 0.259 e. The quantitative estimate of drug-likeness (QED) is 0.777. The van der Waals surface area contributed by atoms with Gasteiger partial charge in [-0.05, 0) is 24.4 Å². The van der Waals surface area contributed by atoms with Crippen LogP contribution in [0.2, 0.25) is 0 Å². The predicted molar refractivity (Wildman–Crippen MR) is 112 cm³/mol. The van der Waals surface area contributed by atoms with Crippen LogP contribution in [0.4, 0.5) is 0 Å². The maximum absolute atomic E-state index is 12.8. The molecule has 2 amide bonds. The molecule has 0 spiro atoms. The first-order valence-electron chi connectivity index (χ1n) is 10.1. The lowest BCUT2D eigenvalue weighted by atomic mass is 10.0. The van der Waals surface area contributed by atoms with Gasteiger partial charge in [-0.25, -0.2) is 0 Å². The number of primary amides is 1. The molecule has 1 aromatic heterocycles. The number of thiophene rings is 1. The molecular weight excluding hydrogens is 390 g/mol. The number of ether oxygens (including phenoxy) is 2. The number of morpholine rings is 2. The summed E-state index contributed by atoms with van der Waals surface area (Å²) in [4.78, 5) is 29.5. The molecule has 1 atom stereocenters. The molecule has 29 heavy (non-hydrogen) atoms. The summed E-state index contributed by atoms with van der Waals surface area (Å²) in [5.74, 6) is -0.300. The summed E-state index contributed by atoms with van der Waals surface area (Å²) in [6.45, 7) is 5.85. The van der Waals surface area contributed by atoms with Crippen LogP contribution < -0.4 is 5.73 Å².